The second-order valence-electron chi connectivity index (χ2n) is 5.78. The number of fused-ring (bicyclic) bond motifs is 2. The van der Waals surface area contributed by atoms with Gasteiger partial charge in [0.05, 0.1) is 13.2 Å². The van der Waals surface area contributed by atoms with E-state index in [1.165, 1.54) is 38.5 Å². The molecule has 15 heavy (non-hydrogen) atoms. The fraction of sp³-hybridized carbons (Fsp3) is 1.00. The molecule has 2 saturated heterocycles. The van der Waals surface area contributed by atoms with Crippen molar-refractivity contribution in [3.05, 3.63) is 0 Å². The maximum absolute atomic E-state index is 5.66. The molecule has 0 aromatic heterocycles. The maximum Gasteiger partial charge on any atom is 0.0622 e. The summed E-state index contributed by atoms with van der Waals surface area (Å²) in [5.41, 5.74) is 0. The molecule has 3 rings (SSSR count). The lowest BCUT2D eigenvalue weighted by molar-refractivity contribution is -0.0455. The van der Waals surface area contributed by atoms with Crippen molar-refractivity contribution in [2.45, 2.75) is 63.6 Å². The van der Waals surface area contributed by atoms with E-state index in [0.29, 0.717) is 0 Å². The summed E-state index contributed by atoms with van der Waals surface area (Å²) in [6.45, 7) is 4.41. The third-order valence-electron chi connectivity index (χ3n) is 4.70. The van der Waals surface area contributed by atoms with Crippen LogP contribution in [0.5, 0.6) is 0 Å². The average molecular weight is 209 g/mol. The minimum atomic E-state index is 0.766. The minimum absolute atomic E-state index is 0.766. The van der Waals surface area contributed by atoms with Crippen LogP contribution in [0.15, 0.2) is 0 Å². The van der Waals surface area contributed by atoms with Crippen molar-refractivity contribution in [1.29, 1.82) is 0 Å². The van der Waals surface area contributed by atoms with Gasteiger partial charge in [0.1, 0.15) is 0 Å². The Labute approximate surface area is 93.0 Å². The molecule has 2 aliphatic heterocycles. The molecule has 1 saturated carbocycles. The number of hydrogen-bond donors (Lipinski definition) is 0. The lowest BCUT2D eigenvalue weighted by Crippen LogP contribution is -2.52. The largest absolute Gasteiger partial charge is 0.378 e. The quantitative estimate of drug-likeness (QED) is 0.657. The maximum atomic E-state index is 5.66. The van der Waals surface area contributed by atoms with Gasteiger partial charge in [-0.2, -0.15) is 0 Å². The van der Waals surface area contributed by atoms with Gasteiger partial charge < -0.3 is 4.74 Å². The molecule has 0 spiro atoms. The molecule has 0 amide bonds. The van der Waals surface area contributed by atoms with Crippen molar-refractivity contribution in [2.24, 2.45) is 5.92 Å². The Bertz CT molecular complexity index is 207. The first-order chi connectivity index (χ1) is 7.34. The zero-order chi connectivity index (χ0) is 10.3. The van der Waals surface area contributed by atoms with Gasteiger partial charge in [-0.25, -0.2) is 0 Å². The van der Waals surface area contributed by atoms with Crippen molar-refractivity contribution in [3.8, 4) is 0 Å². The van der Waals surface area contributed by atoms with E-state index in [1.807, 2.05) is 0 Å². The monoisotopic (exact) mass is 209 g/mol. The Morgan fingerprint density at radius 3 is 1.93 bits per heavy atom. The van der Waals surface area contributed by atoms with Gasteiger partial charge in [-0.15, -0.1) is 0 Å². The van der Waals surface area contributed by atoms with E-state index in [-0.39, 0.29) is 0 Å². The van der Waals surface area contributed by atoms with E-state index in [2.05, 4.69) is 11.8 Å². The van der Waals surface area contributed by atoms with Crippen LogP contribution in [0.4, 0.5) is 0 Å². The fourth-order valence-electron chi connectivity index (χ4n) is 3.80. The van der Waals surface area contributed by atoms with Crippen LogP contribution in [0.25, 0.3) is 0 Å². The predicted octanol–water partition coefficient (Wildman–Crippen LogP) is 2.43. The highest BCUT2D eigenvalue weighted by atomic mass is 16.5. The summed E-state index contributed by atoms with van der Waals surface area (Å²) < 4.78 is 5.66. The summed E-state index contributed by atoms with van der Waals surface area (Å²) in [6, 6.07) is 2.42. The molecular formula is C13H23NO. The van der Waals surface area contributed by atoms with Gasteiger partial charge in [0.25, 0.3) is 0 Å². The Hall–Kier alpha value is -0.0800. The second-order valence-corrected chi connectivity index (χ2v) is 5.78. The van der Waals surface area contributed by atoms with Crippen LogP contribution in [0.1, 0.15) is 45.4 Å². The molecule has 3 aliphatic rings. The van der Waals surface area contributed by atoms with Crippen LogP contribution in [0.2, 0.25) is 0 Å². The van der Waals surface area contributed by atoms with Crippen LogP contribution in [-0.4, -0.2) is 36.2 Å². The predicted molar refractivity (Wildman–Crippen MR) is 60.9 cm³/mol. The lowest BCUT2D eigenvalue weighted by Gasteiger charge is -2.43. The molecule has 2 bridgehead atoms. The van der Waals surface area contributed by atoms with Crippen LogP contribution < -0.4 is 0 Å². The first-order valence-electron chi connectivity index (χ1n) is 6.70. The molecule has 0 aromatic carbocycles. The summed E-state index contributed by atoms with van der Waals surface area (Å²) in [4.78, 5) is 2.83. The van der Waals surface area contributed by atoms with Gasteiger partial charge in [-0.1, -0.05) is 6.92 Å². The van der Waals surface area contributed by atoms with E-state index in [0.717, 1.165) is 37.3 Å². The Balaban J connectivity index is 1.66. The highest BCUT2D eigenvalue weighted by molar-refractivity contribution is 4.95. The van der Waals surface area contributed by atoms with Crippen LogP contribution in [0, 0.1) is 5.92 Å². The summed E-state index contributed by atoms with van der Waals surface area (Å²) in [5, 5.41) is 0. The van der Waals surface area contributed by atoms with E-state index in [1.54, 1.807) is 0 Å². The molecule has 0 N–H and O–H groups in total. The third kappa shape index (κ3) is 1.83. The minimum Gasteiger partial charge on any atom is -0.378 e. The number of morpholine rings is 1. The molecule has 86 valence electrons. The van der Waals surface area contributed by atoms with Crippen LogP contribution in [0.3, 0.4) is 0 Å². The molecule has 2 atom stereocenters. The number of nitrogens with zero attached hydrogens (tertiary/aromatic N) is 1. The van der Waals surface area contributed by atoms with Crippen molar-refractivity contribution >= 4 is 0 Å². The van der Waals surface area contributed by atoms with E-state index in [4.69, 9.17) is 4.74 Å². The Morgan fingerprint density at radius 2 is 1.33 bits per heavy atom. The molecular weight excluding hydrogens is 186 g/mol. The molecule has 3 fully saturated rings. The molecule has 0 aromatic rings. The number of hydrogen-bond acceptors (Lipinski definition) is 2. The SMILES string of the molecule is C[C@H]1CC[C@H](N2C3CCC2COC3)CC1. The van der Waals surface area contributed by atoms with Crippen LogP contribution >= 0.6 is 0 Å². The summed E-state index contributed by atoms with van der Waals surface area (Å²) in [6.07, 6.45) is 8.54. The van der Waals surface area contributed by atoms with E-state index >= 15 is 0 Å². The Morgan fingerprint density at radius 1 is 0.800 bits per heavy atom. The van der Waals surface area contributed by atoms with E-state index < -0.39 is 0 Å². The van der Waals surface area contributed by atoms with Crippen molar-refractivity contribution in [1.82, 2.24) is 4.90 Å². The van der Waals surface area contributed by atoms with Crippen LogP contribution in [-0.2, 0) is 4.74 Å². The molecule has 2 nitrogen and oxygen atoms in total. The second kappa shape index (κ2) is 4.06. The van der Waals surface area contributed by atoms with Gasteiger partial charge in [0.15, 0.2) is 0 Å². The molecule has 2 heterocycles. The lowest BCUT2D eigenvalue weighted by atomic mass is 9.86. The van der Waals surface area contributed by atoms with E-state index in [9.17, 15) is 0 Å². The zero-order valence-electron chi connectivity index (χ0n) is 9.82. The number of rotatable bonds is 1. The first-order valence-corrected chi connectivity index (χ1v) is 6.70. The number of ether oxygens (including phenoxy) is 1. The standard InChI is InChI=1S/C13H23NO/c1-10-2-4-11(5-3-10)14-12-6-7-13(14)9-15-8-12/h10-13H,2-9H2,1H3/t10-,11-,12?,13?. The third-order valence-corrected chi connectivity index (χ3v) is 4.70. The van der Waals surface area contributed by atoms with Crippen molar-refractivity contribution in [2.75, 3.05) is 13.2 Å². The molecule has 2 heteroatoms. The topological polar surface area (TPSA) is 12.5 Å². The highest BCUT2D eigenvalue weighted by Gasteiger charge is 2.41. The first kappa shape index (κ1) is 10.1. The summed E-state index contributed by atoms with van der Waals surface area (Å²) >= 11 is 0. The van der Waals surface area contributed by atoms with Gasteiger partial charge in [0, 0.05) is 18.1 Å². The molecule has 0 radical (unpaired) electrons. The van der Waals surface area contributed by atoms with Crippen molar-refractivity contribution in [3.63, 3.8) is 0 Å². The smallest absolute Gasteiger partial charge is 0.0622 e. The highest BCUT2D eigenvalue weighted by Crippen LogP contribution is 2.36. The molecule has 1 aliphatic carbocycles. The van der Waals surface area contributed by atoms with Crippen molar-refractivity contribution < 1.29 is 4.74 Å². The summed E-state index contributed by atoms with van der Waals surface area (Å²) in [7, 11) is 0. The fourth-order valence-corrected chi connectivity index (χ4v) is 3.80. The summed E-state index contributed by atoms with van der Waals surface area (Å²) in [5.74, 6) is 0.972. The van der Waals surface area contributed by atoms with Gasteiger partial charge in [-0.3, -0.25) is 4.90 Å². The van der Waals surface area contributed by atoms with Gasteiger partial charge in [-0.05, 0) is 44.4 Å². The normalized spacial score (nSPS) is 47.0. The zero-order valence-corrected chi connectivity index (χ0v) is 9.82. The van der Waals surface area contributed by atoms with Gasteiger partial charge >= 0.3 is 0 Å². The Kier molecular flexibility index (Phi) is 2.73. The van der Waals surface area contributed by atoms with Gasteiger partial charge in [0.2, 0.25) is 0 Å². The molecule has 2 unspecified atom stereocenters. The average Bonchev–Trinajstić information content (AvgIpc) is 2.51.